The largest absolute Gasteiger partial charge is 0.369 e. The van der Waals surface area contributed by atoms with E-state index in [1.54, 1.807) is 6.20 Å². The van der Waals surface area contributed by atoms with Crippen molar-refractivity contribution in [3.05, 3.63) is 78.5 Å². The molecule has 0 unspecified atom stereocenters. The third kappa shape index (κ3) is 4.49. The number of benzene rings is 1. The third-order valence-electron chi connectivity index (χ3n) is 5.75. The number of hydrogen-bond acceptors (Lipinski definition) is 6. The van der Waals surface area contributed by atoms with Gasteiger partial charge in [0.15, 0.2) is 0 Å². The number of hydrogen-bond donors (Lipinski definition) is 1. The Morgan fingerprint density at radius 1 is 1.06 bits per heavy atom. The molecule has 0 aliphatic carbocycles. The molecular weight excluding hydrogens is 400 g/mol. The second kappa shape index (κ2) is 9.46. The van der Waals surface area contributed by atoms with Gasteiger partial charge in [-0.3, -0.25) is 9.88 Å². The van der Waals surface area contributed by atoms with Crippen LogP contribution in [0.2, 0.25) is 0 Å². The van der Waals surface area contributed by atoms with Crippen molar-refractivity contribution in [3.8, 4) is 0 Å². The Morgan fingerprint density at radius 3 is 2.78 bits per heavy atom. The molecule has 4 aromatic rings. The lowest BCUT2D eigenvalue weighted by Crippen LogP contribution is -2.38. The molecule has 0 radical (unpaired) electrons. The Labute approximate surface area is 188 Å². The molecule has 1 aromatic carbocycles. The molecule has 0 bridgehead atoms. The number of ether oxygens (including phenoxy) is 1. The van der Waals surface area contributed by atoms with Crippen molar-refractivity contribution in [2.75, 3.05) is 25.0 Å². The Balaban J connectivity index is 1.28. The fourth-order valence-corrected chi connectivity index (χ4v) is 4.20. The molecule has 7 nitrogen and oxygen atoms in total. The normalized spacial score (nSPS) is 17.0. The number of aryl methyl sites for hydroxylation is 1. The summed E-state index contributed by atoms with van der Waals surface area (Å²) in [5.74, 6) is 1.92. The lowest BCUT2D eigenvalue weighted by atomic mass is 10.2. The van der Waals surface area contributed by atoms with Crippen LogP contribution in [0.15, 0.2) is 67.0 Å². The van der Waals surface area contributed by atoms with Crippen LogP contribution in [0.3, 0.4) is 0 Å². The topological polar surface area (TPSA) is 68.1 Å². The predicted molar refractivity (Wildman–Crippen MR) is 126 cm³/mol. The number of aromatic nitrogens is 4. The molecule has 1 N–H and O–H groups in total. The summed E-state index contributed by atoms with van der Waals surface area (Å²) >= 11 is 0. The van der Waals surface area contributed by atoms with Crippen LogP contribution in [-0.4, -0.2) is 44.1 Å². The van der Waals surface area contributed by atoms with Gasteiger partial charge in [-0.2, -0.15) is 0 Å². The number of anilines is 2. The van der Waals surface area contributed by atoms with Crippen LogP contribution in [-0.2, 0) is 17.8 Å². The van der Waals surface area contributed by atoms with Crippen molar-refractivity contribution in [1.29, 1.82) is 0 Å². The summed E-state index contributed by atoms with van der Waals surface area (Å²) in [5.41, 5.74) is 4.14. The molecule has 0 amide bonds. The van der Waals surface area contributed by atoms with E-state index in [0.29, 0.717) is 6.61 Å². The minimum absolute atomic E-state index is 0.0448. The van der Waals surface area contributed by atoms with E-state index >= 15 is 0 Å². The molecule has 3 aromatic heterocycles. The second-order valence-corrected chi connectivity index (χ2v) is 8.07. The molecule has 0 saturated carbocycles. The van der Waals surface area contributed by atoms with E-state index in [0.717, 1.165) is 61.1 Å². The van der Waals surface area contributed by atoms with Crippen LogP contribution in [0.5, 0.6) is 0 Å². The maximum absolute atomic E-state index is 6.06. The van der Waals surface area contributed by atoms with Crippen molar-refractivity contribution in [2.24, 2.45) is 0 Å². The molecule has 1 aliphatic heterocycles. The highest BCUT2D eigenvalue weighted by atomic mass is 16.5. The van der Waals surface area contributed by atoms with E-state index < -0.39 is 0 Å². The minimum Gasteiger partial charge on any atom is -0.369 e. The minimum atomic E-state index is -0.0448. The first kappa shape index (κ1) is 20.6. The number of fused-ring (bicyclic) bond motifs is 1. The van der Waals surface area contributed by atoms with Crippen LogP contribution in [0.1, 0.15) is 31.0 Å². The van der Waals surface area contributed by atoms with Gasteiger partial charge in [-0.15, -0.1) is 0 Å². The second-order valence-electron chi connectivity index (χ2n) is 8.07. The van der Waals surface area contributed by atoms with Gasteiger partial charge in [-0.1, -0.05) is 25.1 Å². The van der Waals surface area contributed by atoms with E-state index in [2.05, 4.69) is 55.9 Å². The van der Waals surface area contributed by atoms with Crippen molar-refractivity contribution in [3.63, 3.8) is 0 Å². The molecule has 5 rings (SSSR count). The molecule has 1 saturated heterocycles. The van der Waals surface area contributed by atoms with Gasteiger partial charge in [0.2, 0.25) is 0 Å². The Bertz CT molecular complexity index is 1160. The first-order valence-corrected chi connectivity index (χ1v) is 11.2. The quantitative estimate of drug-likeness (QED) is 0.466. The number of nitrogens with zero attached hydrogens (tertiary/aromatic N) is 5. The highest BCUT2D eigenvalue weighted by Gasteiger charge is 2.24. The molecule has 164 valence electrons. The average Bonchev–Trinajstić information content (AvgIpc) is 3.18. The van der Waals surface area contributed by atoms with Gasteiger partial charge in [-0.25, -0.2) is 9.97 Å². The van der Waals surface area contributed by atoms with E-state index in [1.807, 2.05) is 36.5 Å². The average molecular weight is 429 g/mol. The van der Waals surface area contributed by atoms with E-state index in [1.165, 1.54) is 5.52 Å². The summed E-state index contributed by atoms with van der Waals surface area (Å²) in [6.45, 7) is 6.39. The van der Waals surface area contributed by atoms with Crippen LogP contribution >= 0.6 is 0 Å². The Kier molecular flexibility index (Phi) is 6.09. The van der Waals surface area contributed by atoms with Gasteiger partial charge >= 0.3 is 0 Å². The summed E-state index contributed by atoms with van der Waals surface area (Å²) in [6, 6.07) is 18.2. The zero-order valence-electron chi connectivity index (χ0n) is 18.3. The van der Waals surface area contributed by atoms with Crippen molar-refractivity contribution >= 4 is 22.5 Å². The molecule has 32 heavy (non-hydrogen) atoms. The molecule has 4 heterocycles. The smallest absolute Gasteiger partial charge is 0.130 e. The maximum atomic E-state index is 6.06. The number of morpholine rings is 1. The first-order valence-electron chi connectivity index (χ1n) is 11.2. The Morgan fingerprint density at radius 2 is 1.97 bits per heavy atom. The fourth-order valence-electron chi connectivity index (χ4n) is 4.20. The zero-order valence-corrected chi connectivity index (χ0v) is 18.3. The fraction of sp³-hybridized carbons (Fsp3) is 0.320. The third-order valence-corrected chi connectivity index (χ3v) is 5.75. The predicted octanol–water partition coefficient (Wildman–Crippen LogP) is 4.55. The van der Waals surface area contributed by atoms with Gasteiger partial charge in [0, 0.05) is 25.8 Å². The summed E-state index contributed by atoms with van der Waals surface area (Å²) in [4.78, 5) is 16.3. The summed E-state index contributed by atoms with van der Waals surface area (Å²) in [5, 5.41) is 3.27. The SMILES string of the molecule is CCCn1c(CN2CCO[C@H](c3ccc(Nc4ccccn4)cn3)C2)nc2ccccc21. The van der Waals surface area contributed by atoms with Gasteiger partial charge in [0.25, 0.3) is 0 Å². The van der Waals surface area contributed by atoms with Crippen LogP contribution in [0.25, 0.3) is 11.0 Å². The van der Waals surface area contributed by atoms with E-state index in [4.69, 9.17) is 9.72 Å². The van der Waals surface area contributed by atoms with Crippen molar-refractivity contribution in [1.82, 2.24) is 24.4 Å². The first-order chi connectivity index (χ1) is 15.8. The number of pyridine rings is 2. The summed E-state index contributed by atoms with van der Waals surface area (Å²) in [7, 11) is 0. The van der Waals surface area contributed by atoms with Gasteiger partial charge in [-0.05, 0) is 42.8 Å². The van der Waals surface area contributed by atoms with Crippen molar-refractivity contribution in [2.45, 2.75) is 32.5 Å². The van der Waals surface area contributed by atoms with E-state index in [-0.39, 0.29) is 6.10 Å². The zero-order chi connectivity index (χ0) is 21.8. The van der Waals surface area contributed by atoms with Crippen LogP contribution < -0.4 is 5.32 Å². The monoisotopic (exact) mass is 428 g/mol. The van der Waals surface area contributed by atoms with Crippen LogP contribution in [0, 0.1) is 0 Å². The maximum Gasteiger partial charge on any atom is 0.130 e. The molecule has 7 heteroatoms. The van der Waals surface area contributed by atoms with Crippen molar-refractivity contribution < 1.29 is 4.74 Å². The summed E-state index contributed by atoms with van der Waals surface area (Å²) < 4.78 is 8.42. The molecule has 1 atom stereocenters. The lowest BCUT2D eigenvalue weighted by molar-refractivity contribution is -0.0359. The lowest BCUT2D eigenvalue weighted by Gasteiger charge is -2.32. The summed E-state index contributed by atoms with van der Waals surface area (Å²) in [6.07, 6.45) is 4.65. The van der Waals surface area contributed by atoms with Crippen LogP contribution in [0.4, 0.5) is 11.5 Å². The molecule has 1 aliphatic rings. The highest BCUT2D eigenvalue weighted by Crippen LogP contribution is 2.25. The van der Waals surface area contributed by atoms with Gasteiger partial charge in [0.05, 0.1) is 41.8 Å². The molecule has 0 spiro atoms. The molecular formula is C25H28N6O. The number of imidazole rings is 1. The standard InChI is InChI=1S/C25H28N6O/c1-2-13-31-22-8-4-3-7-20(22)29-25(31)18-30-14-15-32-23(17-30)21-11-10-19(16-27-21)28-24-9-5-6-12-26-24/h3-12,16,23H,2,13-15,17-18H2,1H3,(H,26,28)/t23-/m0/s1. The number of para-hydroxylation sites is 2. The number of nitrogens with one attached hydrogen (secondary N) is 1. The molecule has 1 fully saturated rings. The van der Waals surface area contributed by atoms with Gasteiger partial charge in [0.1, 0.15) is 17.7 Å². The highest BCUT2D eigenvalue weighted by molar-refractivity contribution is 5.75. The van der Waals surface area contributed by atoms with Gasteiger partial charge < -0.3 is 14.6 Å². The Hall–Kier alpha value is -3.29. The number of rotatable bonds is 7. The van der Waals surface area contributed by atoms with E-state index in [9.17, 15) is 0 Å².